The van der Waals surface area contributed by atoms with Gasteiger partial charge in [-0.05, 0) is 66.8 Å². The van der Waals surface area contributed by atoms with Crippen molar-refractivity contribution >= 4 is 28.6 Å². The summed E-state index contributed by atoms with van der Waals surface area (Å²) in [5, 5.41) is 6.05. The Morgan fingerprint density at radius 3 is 2.67 bits per heavy atom. The fraction of sp³-hybridized carbons (Fsp3) is 0.280. The van der Waals surface area contributed by atoms with Crippen molar-refractivity contribution in [2.75, 3.05) is 11.9 Å². The zero-order chi connectivity index (χ0) is 21.5. The van der Waals surface area contributed by atoms with Gasteiger partial charge in [-0.2, -0.15) is 5.10 Å². The maximum Gasteiger partial charge on any atom is 0.271 e. The smallest absolute Gasteiger partial charge is 0.271 e. The Labute approximate surface area is 176 Å². The van der Waals surface area contributed by atoms with Crippen LogP contribution in [0.25, 0.3) is 10.8 Å². The number of hydrazone groups is 1. The van der Waals surface area contributed by atoms with Gasteiger partial charge >= 0.3 is 0 Å². The Morgan fingerprint density at radius 1 is 1.17 bits per heavy atom. The van der Waals surface area contributed by atoms with Crippen LogP contribution in [0.2, 0.25) is 0 Å². The minimum absolute atomic E-state index is 0.0255. The van der Waals surface area contributed by atoms with Crippen molar-refractivity contribution in [3.8, 4) is 0 Å². The fourth-order valence-corrected chi connectivity index (χ4v) is 4.26. The molecule has 1 amide bonds. The van der Waals surface area contributed by atoms with Crippen molar-refractivity contribution in [2.45, 2.75) is 38.6 Å². The fourth-order valence-electron chi connectivity index (χ4n) is 4.26. The average molecular weight is 404 g/mol. The van der Waals surface area contributed by atoms with E-state index in [0.29, 0.717) is 17.0 Å². The number of hydrogen-bond acceptors (Lipinski definition) is 3. The minimum Gasteiger partial charge on any atom is -0.369 e. The summed E-state index contributed by atoms with van der Waals surface area (Å²) in [6, 6.07) is 16.7. The Hall–Kier alpha value is -3.21. The van der Waals surface area contributed by atoms with Crippen molar-refractivity contribution in [2.24, 2.45) is 5.10 Å². The maximum absolute atomic E-state index is 14.7. The summed E-state index contributed by atoms with van der Waals surface area (Å²) in [4.78, 5) is 14.6. The number of nitrogens with one attached hydrogen (secondary N) is 1. The summed E-state index contributed by atoms with van der Waals surface area (Å²) >= 11 is 0. The van der Waals surface area contributed by atoms with E-state index in [4.69, 9.17) is 0 Å². The van der Waals surface area contributed by atoms with Crippen molar-refractivity contribution in [3.05, 3.63) is 77.1 Å². The van der Waals surface area contributed by atoms with Crippen LogP contribution < -0.4 is 10.3 Å². The van der Waals surface area contributed by atoms with Crippen LogP contribution in [-0.4, -0.2) is 24.7 Å². The van der Waals surface area contributed by atoms with Gasteiger partial charge in [0.05, 0.1) is 6.21 Å². The van der Waals surface area contributed by atoms with E-state index in [1.165, 1.54) is 6.21 Å². The van der Waals surface area contributed by atoms with Gasteiger partial charge in [0.2, 0.25) is 0 Å². The molecule has 1 heterocycles. The number of rotatable bonds is 3. The van der Waals surface area contributed by atoms with E-state index in [2.05, 4.69) is 36.2 Å². The minimum atomic E-state index is -0.353. The van der Waals surface area contributed by atoms with E-state index in [1.807, 2.05) is 49.5 Å². The van der Waals surface area contributed by atoms with Crippen LogP contribution in [-0.2, 0) is 0 Å². The molecular formula is C25H26FN3O. The van der Waals surface area contributed by atoms with Gasteiger partial charge in [-0.1, -0.05) is 37.3 Å². The van der Waals surface area contributed by atoms with E-state index in [0.717, 1.165) is 28.4 Å². The number of carbonyl (C=O) groups is 1. The highest BCUT2D eigenvalue weighted by Gasteiger charge is 2.34. The Kier molecular flexibility index (Phi) is 5.06. The molecule has 0 saturated carbocycles. The van der Waals surface area contributed by atoms with Crippen LogP contribution in [0, 0.1) is 5.82 Å². The second-order valence-electron chi connectivity index (χ2n) is 8.67. The molecule has 1 unspecified atom stereocenters. The Morgan fingerprint density at radius 2 is 1.90 bits per heavy atom. The SMILES string of the molecule is CC1CC(C)(C)N(C)c2cc(F)c(/C=N\NC(=O)c3ccc4ccccc4c3)cc21. The monoisotopic (exact) mass is 403 g/mol. The highest BCUT2D eigenvalue weighted by Crippen LogP contribution is 2.43. The lowest BCUT2D eigenvalue weighted by Crippen LogP contribution is -2.45. The lowest BCUT2D eigenvalue weighted by molar-refractivity contribution is 0.0955. The molecule has 1 atom stereocenters. The molecule has 3 aromatic rings. The van der Waals surface area contributed by atoms with Crippen LogP contribution in [0.5, 0.6) is 0 Å². The molecule has 154 valence electrons. The third kappa shape index (κ3) is 3.67. The molecule has 0 aromatic heterocycles. The van der Waals surface area contributed by atoms with Crippen molar-refractivity contribution in [3.63, 3.8) is 0 Å². The largest absolute Gasteiger partial charge is 0.369 e. The van der Waals surface area contributed by atoms with Crippen LogP contribution in [0.4, 0.5) is 10.1 Å². The van der Waals surface area contributed by atoms with Gasteiger partial charge in [0.25, 0.3) is 5.91 Å². The standard InChI is InChI=1S/C25H26FN3O/c1-16-14-25(2,3)29(4)23-13-22(26)20(12-21(16)23)15-27-28-24(30)19-10-9-17-7-5-6-8-18(17)11-19/h5-13,15-16H,14H2,1-4H3,(H,28,30)/b27-15-. The molecule has 30 heavy (non-hydrogen) atoms. The molecule has 5 heteroatoms. The van der Waals surface area contributed by atoms with E-state index in [-0.39, 0.29) is 17.3 Å². The number of anilines is 1. The molecule has 0 saturated heterocycles. The lowest BCUT2D eigenvalue weighted by Gasteiger charge is -2.45. The van der Waals surface area contributed by atoms with Crippen LogP contribution in [0.3, 0.4) is 0 Å². The summed E-state index contributed by atoms with van der Waals surface area (Å²) in [5.41, 5.74) is 5.37. The topological polar surface area (TPSA) is 44.7 Å². The molecule has 4 nitrogen and oxygen atoms in total. The number of fused-ring (bicyclic) bond motifs is 2. The normalized spacial score (nSPS) is 17.9. The molecule has 1 aliphatic heterocycles. The molecule has 0 fully saturated rings. The van der Waals surface area contributed by atoms with E-state index in [1.54, 1.807) is 12.1 Å². The summed E-state index contributed by atoms with van der Waals surface area (Å²) in [6.45, 7) is 6.50. The van der Waals surface area contributed by atoms with Gasteiger partial charge in [0.1, 0.15) is 5.82 Å². The van der Waals surface area contributed by atoms with Crippen LogP contribution in [0.15, 0.2) is 59.7 Å². The van der Waals surface area contributed by atoms with Crippen LogP contribution in [0.1, 0.15) is 54.6 Å². The van der Waals surface area contributed by atoms with Gasteiger partial charge in [0, 0.05) is 29.4 Å². The molecule has 0 spiro atoms. The molecule has 1 aliphatic rings. The van der Waals surface area contributed by atoms with E-state index >= 15 is 0 Å². The Bertz CT molecular complexity index is 1150. The molecule has 0 radical (unpaired) electrons. The summed E-state index contributed by atoms with van der Waals surface area (Å²) < 4.78 is 14.7. The Balaban J connectivity index is 1.54. The zero-order valence-corrected chi connectivity index (χ0v) is 17.7. The van der Waals surface area contributed by atoms with E-state index in [9.17, 15) is 9.18 Å². The number of nitrogens with zero attached hydrogens (tertiary/aromatic N) is 2. The van der Waals surface area contributed by atoms with Crippen molar-refractivity contribution in [1.82, 2.24) is 5.43 Å². The number of hydrogen-bond donors (Lipinski definition) is 1. The zero-order valence-electron chi connectivity index (χ0n) is 17.7. The van der Waals surface area contributed by atoms with Gasteiger partial charge < -0.3 is 4.90 Å². The molecule has 0 aliphatic carbocycles. The number of amides is 1. The summed E-state index contributed by atoms with van der Waals surface area (Å²) in [6.07, 6.45) is 2.36. The first kappa shape index (κ1) is 20.1. The van der Waals surface area contributed by atoms with Crippen molar-refractivity contribution < 1.29 is 9.18 Å². The molecule has 3 aromatic carbocycles. The first-order valence-corrected chi connectivity index (χ1v) is 10.2. The summed E-state index contributed by atoms with van der Waals surface area (Å²) in [7, 11) is 2.00. The number of carbonyl (C=O) groups excluding carboxylic acids is 1. The average Bonchev–Trinajstić information content (AvgIpc) is 2.72. The molecule has 4 rings (SSSR count). The number of halogens is 1. The maximum atomic E-state index is 14.7. The third-order valence-electron chi connectivity index (χ3n) is 6.13. The first-order valence-electron chi connectivity index (χ1n) is 10.2. The second-order valence-corrected chi connectivity index (χ2v) is 8.67. The molecular weight excluding hydrogens is 377 g/mol. The molecule has 1 N–H and O–H groups in total. The lowest BCUT2D eigenvalue weighted by atomic mass is 9.80. The van der Waals surface area contributed by atoms with Gasteiger partial charge in [0.15, 0.2) is 0 Å². The first-order chi connectivity index (χ1) is 14.3. The van der Waals surface area contributed by atoms with Crippen molar-refractivity contribution in [1.29, 1.82) is 0 Å². The van der Waals surface area contributed by atoms with Gasteiger partial charge in [-0.15, -0.1) is 0 Å². The second kappa shape index (κ2) is 7.56. The van der Waals surface area contributed by atoms with E-state index < -0.39 is 0 Å². The quantitative estimate of drug-likeness (QED) is 0.466. The van der Waals surface area contributed by atoms with Gasteiger partial charge in [-0.3, -0.25) is 4.79 Å². The van der Waals surface area contributed by atoms with Crippen LogP contribution >= 0.6 is 0 Å². The highest BCUT2D eigenvalue weighted by atomic mass is 19.1. The number of benzene rings is 3. The summed E-state index contributed by atoms with van der Waals surface area (Å²) in [5.74, 6) is -0.370. The predicted octanol–water partition coefficient (Wildman–Crippen LogP) is 5.46. The third-order valence-corrected chi connectivity index (χ3v) is 6.13. The highest BCUT2D eigenvalue weighted by molar-refractivity contribution is 5.99. The van der Waals surface area contributed by atoms with Gasteiger partial charge in [-0.25, -0.2) is 9.82 Å². The molecule has 0 bridgehead atoms. The predicted molar refractivity (Wildman–Crippen MR) is 121 cm³/mol.